The largest absolute Gasteiger partial charge is 0.489 e. The fourth-order valence-corrected chi connectivity index (χ4v) is 4.22. The van der Waals surface area contributed by atoms with Crippen molar-refractivity contribution in [1.29, 1.82) is 0 Å². The van der Waals surface area contributed by atoms with Gasteiger partial charge in [0.2, 0.25) is 0 Å². The molecule has 1 unspecified atom stereocenters. The zero-order valence-electron chi connectivity index (χ0n) is 20.4. The van der Waals surface area contributed by atoms with Crippen molar-refractivity contribution in [2.24, 2.45) is 5.41 Å². The average molecular weight is 461 g/mol. The van der Waals surface area contributed by atoms with Gasteiger partial charge in [-0.3, -0.25) is 4.79 Å². The van der Waals surface area contributed by atoms with Gasteiger partial charge < -0.3 is 14.6 Å². The maximum atomic E-state index is 11.7. The Bertz CT molecular complexity index is 926. The fourth-order valence-electron chi connectivity index (χ4n) is 3.99. The molecule has 0 amide bonds. The molecule has 0 aliphatic heterocycles. The molecule has 0 fully saturated rings. The first-order valence-corrected chi connectivity index (χ1v) is 11.6. The van der Waals surface area contributed by atoms with Crippen molar-refractivity contribution in [3.8, 4) is 5.75 Å². The van der Waals surface area contributed by atoms with Crippen LogP contribution in [0.1, 0.15) is 69.7 Å². The van der Waals surface area contributed by atoms with Crippen molar-refractivity contribution in [2.75, 3.05) is 13.7 Å². The number of aliphatic hydroxyl groups is 1. The van der Waals surface area contributed by atoms with Gasteiger partial charge in [0.05, 0.1) is 24.7 Å². The number of aliphatic hydroxyl groups excluding tert-OH is 1. The molecule has 2 aromatic carbocycles. The summed E-state index contributed by atoms with van der Waals surface area (Å²) in [5, 5.41) is 10.8. The number of aryl methyl sites for hydroxylation is 1. The molecule has 0 aliphatic carbocycles. The third kappa shape index (κ3) is 5.85. The van der Waals surface area contributed by atoms with Crippen LogP contribution in [0, 0.1) is 12.3 Å². The smallest absolute Gasteiger partial charge is 0.309 e. The molecule has 4 nitrogen and oxygen atoms in total. The normalized spacial score (nSPS) is 13.0. The Kier molecular flexibility index (Phi) is 8.78. The van der Waals surface area contributed by atoms with Crippen LogP contribution in [0.25, 0.3) is 0 Å². The summed E-state index contributed by atoms with van der Waals surface area (Å²) in [5.74, 6) is 0.335. The molecule has 0 saturated carbocycles. The molecule has 5 heteroatoms. The van der Waals surface area contributed by atoms with Gasteiger partial charge in [-0.15, -0.1) is 0 Å². The van der Waals surface area contributed by atoms with Gasteiger partial charge in [-0.1, -0.05) is 70.5 Å². The van der Waals surface area contributed by atoms with Crippen LogP contribution in [0.2, 0.25) is 5.02 Å². The second-order valence-electron chi connectivity index (χ2n) is 9.52. The van der Waals surface area contributed by atoms with E-state index in [0.29, 0.717) is 10.8 Å². The van der Waals surface area contributed by atoms with E-state index < -0.39 is 6.10 Å². The van der Waals surface area contributed by atoms with E-state index >= 15 is 0 Å². The Balaban J connectivity index is 2.36. The maximum absolute atomic E-state index is 11.7. The summed E-state index contributed by atoms with van der Waals surface area (Å²) in [4.78, 5) is 11.7. The van der Waals surface area contributed by atoms with Crippen LogP contribution >= 0.6 is 11.6 Å². The highest BCUT2D eigenvalue weighted by Crippen LogP contribution is 2.42. The molecule has 1 N–H and O–H groups in total. The summed E-state index contributed by atoms with van der Waals surface area (Å²) in [6.07, 6.45) is 1.48. The van der Waals surface area contributed by atoms with Crippen LogP contribution in [-0.2, 0) is 21.4 Å². The number of ether oxygens (including phenoxy) is 2. The number of rotatable bonds is 9. The Hall–Kier alpha value is -2.04. The first-order valence-electron chi connectivity index (χ1n) is 11.3. The molecule has 0 aromatic heterocycles. The van der Waals surface area contributed by atoms with Crippen LogP contribution < -0.4 is 4.74 Å². The number of hydrogen-bond acceptors (Lipinski definition) is 4. The quantitative estimate of drug-likeness (QED) is 0.449. The second kappa shape index (κ2) is 10.7. The zero-order chi connectivity index (χ0) is 24.1. The number of hydrogen-bond donors (Lipinski definition) is 1. The fraction of sp³-hybridized carbons (Fsp3) is 0.519. The Labute approximate surface area is 197 Å². The van der Waals surface area contributed by atoms with Crippen LogP contribution in [0.3, 0.4) is 0 Å². The summed E-state index contributed by atoms with van der Waals surface area (Å²) in [6.45, 7) is 12.5. The van der Waals surface area contributed by atoms with Gasteiger partial charge in [0.1, 0.15) is 12.4 Å². The van der Waals surface area contributed by atoms with E-state index in [0.717, 1.165) is 29.5 Å². The van der Waals surface area contributed by atoms with Gasteiger partial charge in [0.15, 0.2) is 0 Å². The van der Waals surface area contributed by atoms with Crippen LogP contribution in [0.4, 0.5) is 0 Å². The van der Waals surface area contributed by atoms with Gasteiger partial charge in [-0.05, 0) is 59.6 Å². The van der Waals surface area contributed by atoms with E-state index in [9.17, 15) is 9.90 Å². The number of benzene rings is 2. The first-order chi connectivity index (χ1) is 15.0. The molecule has 176 valence electrons. The van der Waals surface area contributed by atoms with Gasteiger partial charge in [0, 0.05) is 5.41 Å². The summed E-state index contributed by atoms with van der Waals surface area (Å²) >= 11 is 6.61. The van der Waals surface area contributed by atoms with Gasteiger partial charge in [0.25, 0.3) is 0 Å². The third-order valence-corrected chi connectivity index (χ3v) is 6.84. The minimum Gasteiger partial charge on any atom is -0.489 e. The molecule has 0 aliphatic rings. The Morgan fingerprint density at radius 3 is 2.16 bits per heavy atom. The van der Waals surface area contributed by atoms with Crippen LogP contribution in [0.15, 0.2) is 36.4 Å². The lowest BCUT2D eigenvalue weighted by atomic mass is 9.70. The molecule has 0 heterocycles. The van der Waals surface area contributed by atoms with Gasteiger partial charge in [-0.25, -0.2) is 0 Å². The van der Waals surface area contributed by atoms with Crippen molar-refractivity contribution >= 4 is 17.6 Å². The SMILES string of the molecule is CCC(CC)(c1ccc(CC(=O)OC)c(C)c1)c1ccc(OCC(O)C(C)(C)C)c(Cl)c1. The van der Waals surface area contributed by atoms with Crippen LogP contribution in [-0.4, -0.2) is 30.9 Å². The highest BCUT2D eigenvalue weighted by molar-refractivity contribution is 6.32. The maximum Gasteiger partial charge on any atom is 0.309 e. The molecule has 0 bridgehead atoms. The summed E-state index contributed by atoms with van der Waals surface area (Å²) < 4.78 is 10.6. The van der Waals surface area contributed by atoms with Crippen molar-refractivity contribution < 1.29 is 19.4 Å². The van der Waals surface area contributed by atoms with E-state index in [1.54, 1.807) is 0 Å². The highest BCUT2D eigenvalue weighted by Gasteiger charge is 2.32. The van der Waals surface area contributed by atoms with Crippen molar-refractivity contribution in [3.05, 3.63) is 63.7 Å². The van der Waals surface area contributed by atoms with E-state index in [1.165, 1.54) is 12.7 Å². The molecule has 0 spiro atoms. The minimum absolute atomic E-state index is 0.191. The monoisotopic (exact) mass is 460 g/mol. The van der Waals surface area contributed by atoms with E-state index in [2.05, 4.69) is 32.0 Å². The summed E-state index contributed by atoms with van der Waals surface area (Å²) in [7, 11) is 1.41. The lowest BCUT2D eigenvalue weighted by molar-refractivity contribution is -0.139. The lowest BCUT2D eigenvalue weighted by Crippen LogP contribution is -2.32. The predicted octanol–water partition coefficient (Wildman–Crippen LogP) is 6.26. The average Bonchev–Trinajstić information content (AvgIpc) is 2.75. The zero-order valence-corrected chi connectivity index (χ0v) is 21.2. The van der Waals surface area contributed by atoms with E-state index in [-0.39, 0.29) is 29.8 Å². The second-order valence-corrected chi connectivity index (χ2v) is 9.93. The molecule has 0 saturated heterocycles. The molecule has 32 heavy (non-hydrogen) atoms. The van der Waals surface area contributed by atoms with Crippen LogP contribution in [0.5, 0.6) is 5.75 Å². The Morgan fingerprint density at radius 2 is 1.66 bits per heavy atom. The topological polar surface area (TPSA) is 55.8 Å². The van der Waals surface area contributed by atoms with Gasteiger partial charge >= 0.3 is 5.97 Å². The number of carbonyl (C=O) groups is 1. The standard InChI is InChI=1S/C27H37ClO4/c1-8-27(9-2,20-11-10-19(18(3)14-20)15-25(30)31-7)21-12-13-23(22(28)16-21)32-17-24(29)26(4,5)6/h10-14,16,24,29H,8-9,15,17H2,1-7H3. The number of halogens is 1. The third-order valence-electron chi connectivity index (χ3n) is 6.55. The number of carbonyl (C=O) groups excluding carboxylic acids is 1. The molecule has 2 rings (SSSR count). The summed E-state index contributed by atoms with van der Waals surface area (Å²) in [6, 6.07) is 12.2. The molecule has 1 atom stereocenters. The highest BCUT2D eigenvalue weighted by atomic mass is 35.5. The number of methoxy groups -OCH3 is 1. The van der Waals surface area contributed by atoms with E-state index in [1.807, 2.05) is 45.9 Å². The molecule has 2 aromatic rings. The van der Waals surface area contributed by atoms with Crippen molar-refractivity contribution in [1.82, 2.24) is 0 Å². The molecule has 0 radical (unpaired) electrons. The predicted molar refractivity (Wildman–Crippen MR) is 131 cm³/mol. The summed E-state index contributed by atoms with van der Waals surface area (Å²) in [5.41, 5.74) is 3.89. The molecular weight excluding hydrogens is 424 g/mol. The van der Waals surface area contributed by atoms with Gasteiger partial charge in [-0.2, -0.15) is 0 Å². The minimum atomic E-state index is -0.588. The Morgan fingerprint density at radius 1 is 1.06 bits per heavy atom. The van der Waals surface area contributed by atoms with Crippen molar-refractivity contribution in [3.63, 3.8) is 0 Å². The first kappa shape index (κ1) is 26.2. The molecular formula is C27H37ClO4. The lowest BCUT2D eigenvalue weighted by Gasteiger charge is -2.34. The van der Waals surface area contributed by atoms with Crippen molar-refractivity contribution in [2.45, 2.75) is 72.3 Å². The van der Waals surface area contributed by atoms with E-state index in [4.69, 9.17) is 21.1 Å². The number of esters is 1.